The van der Waals surface area contributed by atoms with Crippen LogP contribution in [-0.2, 0) is 17.7 Å². The maximum absolute atomic E-state index is 9.90. The summed E-state index contributed by atoms with van der Waals surface area (Å²) in [6.07, 6.45) is 2.44. The maximum atomic E-state index is 9.90. The number of nitrogens with zero attached hydrogens (tertiary/aromatic N) is 3. The highest BCUT2D eigenvalue weighted by molar-refractivity contribution is 4.87. The zero-order valence-corrected chi connectivity index (χ0v) is 10.3. The number of aliphatic hydroxyl groups excluding tert-OH is 1. The molecule has 2 unspecified atom stereocenters. The molecule has 0 amide bonds. The Bertz CT molecular complexity index is 301. The first kappa shape index (κ1) is 13.1. The van der Waals surface area contributed by atoms with Gasteiger partial charge in [-0.05, 0) is 19.3 Å². The van der Waals surface area contributed by atoms with Crippen molar-refractivity contribution in [3.63, 3.8) is 0 Å². The van der Waals surface area contributed by atoms with Crippen LogP contribution in [0.15, 0.2) is 6.33 Å². The molecule has 1 aromatic heterocycles. The van der Waals surface area contributed by atoms with E-state index in [4.69, 9.17) is 4.74 Å². The molecule has 1 aromatic rings. The minimum Gasteiger partial charge on any atom is -0.393 e. The van der Waals surface area contributed by atoms with Crippen LogP contribution in [0.25, 0.3) is 0 Å². The van der Waals surface area contributed by atoms with Gasteiger partial charge in [-0.3, -0.25) is 4.68 Å². The molecule has 0 aromatic carbocycles. The van der Waals surface area contributed by atoms with Crippen LogP contribution in [0.3, 0.4) is 0 Å². The molecular formula is C11H21N3O2. The van der Waals surface area contributed by atoms with Gasteiger partial charge in [0.2, 0.25) is 0 Å². The smallest absolute Gasteiger partial charge is 0.138 e. The second-order valence-electron chi connectivity index (χ2n) is 4.15. The van der Waals surface area contributed by atoms with Crippen LogP contribution in [-0.4, -0.2) is 39.7 Å². The van der Waals surface area contributed by atoms with E-state index in [1.54, 1.807) is 7.11 Å². The van der Waals surface area contributed by atoms with E-state index in [9.17, 15) is 5.11 Å². The van der Waals surface area contributed by atoms with Crippen molar-refractivity contribution in [2.24, 2.45) is 5.92 Å². The lowest BCUT2D eigenvalue weighted by molar-refractivity contribution is 0.0998. The SMILES string of the molecule is CCn1ncnc1CC(O)CC(C)COC. The Labute approximate surface area is 96.5 Å². The number of aliphatic hydroxyl groups is 1. The highest BCUT2D eigenvalue weighted by Crippen LogP contribution is 2.10. The van der Waals surface area contributed by atoms with E-state index < -0.39 is 0 Å². The van der Waals surface area contributed by atoms with Crippen LogP contribution in [0.4, 0.5) is 0 Å². The molecule has 0 spiro atoms. The first-order chi connectivity index (χ1) is 7.67. The summed E-state index contributed by atoms with van der Waals surface area (Å²) in [4.78, 5) is 4.14. The number of hydrogen-bond acceptors (Lipinski definition) is 4. The van der Waals surface area contributed by atoms with Crippen molar-refractivity contribution in [2.75, 3.05) is 13.7 Å². The Kier molecular flexibility index (Phi) is 5.42. The molecule has 5 heteroatoms. The third-order valence-corrected chi connectivity index (χ3v) is 2.54. The van der Waals surface area contributed by atoms with Crippen molar-refractivity contribution in [3.05, 3.63) is 12.2 Å². The standard InChI is InChI=1S/C11H21N3O2/c1-4-14-11(12-8-13-14)6-10(15)5-9(2)7-16-3/h8-10,15H,4-7H2,1-3H3. The summed E-state index contributed by atoms with van der Waals surface area (Å²) in [5.41, 5.74) is 0. The van der Waals surface area contributed by atoms with Crippen molar-refractivity contribution in [2.45, 2.75) is 39.3 Å². The van der Waals surface area contributed by atoms with Crippen molar-refractivity contribution < 1.29 is 9.84 Å². The Morgan fingerprint density at radius 1 is 1.56 bits per heavy atom. The highest BCUT2D eigenvalue weighted by atomic mass is 16.5. The fraction of sp³-hybridized carbons (Fsp3) is 0.818. The Balaban J connectivity index is 2.42. The van der Waals surface area contributed by atoms with Gasteiger partial charge < -0.3 is 9.84 Å². The molecule has 0 aliphatic heterocycles. The summed E-state index contributed by atoms with van der Waals surface area (Å²) in [6.45, 7) is 5.54. The predicted molar refractivity (Wildman–Crippen MR) is 61.1 cm³/mol. The largest absolute Gasteiger partial charge is 0.393 e. The van der Waals surface area contributed by atoms with Gasteiger partial charge in [0.15, 0.2) is 0 Å². The van der Waals surface area contributed by atoms with E-state index >= 15 is 0 Å². The van der Waals surface area contributed by atoms with E-state index in [1.165, 1.54) is 6.33 Å². The number of ether oxygens (including phenoxy) is 1. The fourth-order valence-corrected chi connectivity index (χ4v) is 1.82. The topological polar surface area (TPSA) is 60.2 Å². The lowest BCUT2D eigenvalue weighted by atomic mass is 10.0. The normalized spacial score (nSPS) is 15.0. The van der Waals surface area contributed by atoms with Crippen LogP contribution in [0.5, 0.6) is 0 Å². The Morgan fingerprint density at radius 3 is 2.94 bits per heavy atom. The van der Waals surface area contributed by atoms with E-state index in [2.05, 4.69) is 17.0 Å². The van der Waals surface area contributed by atoms with E-state index in [0.717, 1.165) is 18.8 Å². The Morgan fingerprint density at radius 2 is 2.31 bits per heavy atom. The van der Waals surface area contributed by atoms with Crippen molar-refractivity contribution in [1.82, 2.24) is 14.8 Å². The first-order valence-electron chi connectivity index (χ1n) is 5.71. The van der Waals surface area contributed by atoms with E-state index in [1.807, 2.05) is 11.6 Å². The molecule has 0 saturated carbocycles. The van der Waals surface area contributed by atoms with Crippen molar-refractivity contribution in [3.8, 4) is 0 Å². The predicted octanol–water partition coefficient (Wildman–Crippen LogP) is 0.874. The van der Waals surface area contributed by atoms with Crippen molar-refractivity contribution >= 4 is 0 Å². The summed E-state index contributed by atoms with van der Waals surface area (Å²) >= 11 is 0. The number of aromatic nitrogens is 3. The molecular weight excluding hydrogens is 206 g/mol. The summed E-state index contributed by atoms with van der Waals surface area (Å²) in [7, 11) is 1.68. The van der Waals surface area contributed by atoms with Gasteiger partial charge in [0, 0.05) is 26.7 Å². The van der Waals surface area contributed by atoms with Gasteiger partial charge in [-0.2, -0.15) is 5.10 Å². The lowest BCUT2D eigenvalue weighted by Crippen LogP contribution is -2.19. The summed E-state index contributed by atoms with van der Waals surface area (Å²) in [6, 6.07) is 0. The minimum atomic E-state index is -0.375. The lowest BCUT2D eigenvalue weighted by Gasteiger charge is -2.15. The molecule has 0 fully saturated rings. The van der Waals surface area contributed by atoms with Gasteiger partial charge in [-0.15, -0.1) is 0 Å². The monoisotopic (exact) mass is 227 g/mol. The molecule has 0 aliphatic carbocycles. The zero-order chi connectivity index (χ0) is 12.0. The molecule has 2 atom stereocenters. The molecule has 0 bridgehead atoms. The van der Waals surface area contributed by atoms with Crippen LogP contribution in [0, 0.1) is 5.92 Å². The van der Waals surface area contributed by atoms with Crippen LogP contribution < -0.4 is 0 Å². The molecule has 92 valence electrons. The van der Waals surface area contributed by atoms with Gasteiger partial charge >= 0.3 is 0 Å². The summed E-state index contributed by atoms with van der Waals surface area (Å²) < 4.78 is 6.85. The first-order valence-corrected chi connectivity index (χ1v) is 5.71. The van der Waals surface area contributed by atoms with Gasteiger partial charge in [0.05, 0.1) is 6.10 Å². The highest BCUT2D eigenvalue weighted by Gasteiger charge is 2.14. The van der Waals surface area contributed by atoms with Crippen LogP contribution in [0.2, 0.25) is 0 Å². The fourth-order valence-electron chi connectivity index (χ4n) is 1.82. The average molecular weight is 227 g/mol. The molecule has 16 heavy (non-hydrogen) atoms. The van der Waals surface area contributed by atoms with Crippen LogP contribution >= 0.6 is 0 Å². The molecule has 0 aliphatic rings. The summed E-state index contributed by atoms with van der Waals surface area (Å²) in [5.74, 6) is 1.21. The molecule has 0 radical (unpaired) electrons. The molecule has 5 nitrogen and oxygen atoms in total. The number of rotatable bonds is 7. The van der Waals surface area contributed by atoms with Gasteiger partial charge in [-0.1, -0.05) is 6.92 Å². The molecule has 0 saturated heterocycles. The second-order valence-corrected chi connectivity index (χ2v) is 4.15. The molecule has 1 heterocycles. The Hall–Kier alpha value is -0.940. The molecule has 1 rings (SSSR count). The second kappa shape index (κ2) is 6.60. The third-order valence-electron chi connectivity index (χ3n) is 2.54. The summed E-state index contributed by atoms with van der Waals surface area (Å²) in [5, 5.41) is 14.0. The van der Waals surface area contributed by atoms with E-state index in [0.29, 0.717) is 18.9 Å². The van der Waals surface area contributed by atoms with Gasteiger partial charge in [0.1, 0.15) is 12.2 Å². The maximum Gasteiger partial charge on any atom is 0.138 e. The average Bonchev–Trinajstić information content (AvgIpc) is 2.65. The quantitative estimate of drug-likeness (QED) is 0.751. The third kappa shape index (κ3) is 3.90. The minimum absolute atomic E-state index is 0.359. The van der Waals surface area contributed by atoms with Gasteiger partial charge in [0.25, 0.3) is 0 Å². The number of hydrogen-bond donors (Lipinski definition) is 1. The van der Waals surface area contributed by atoms with E-state index in [-0.39, 0.29) is 6.10 Å². The number of methoxy groups -OCH3 is 1. The van der Waals surface area contributed by atoms with Crippen molar-refractivity contribution in [1.29, 1.82) is 0 Å². The zero-order valence-electron chi connectivity index (χ0n) is 10.3. The van der Waals surface area contributed by atoms with Crippen LogP contribution in [0.1, 0.15) is 26.1 Å². The van der Waals surface area contributed by atoms with Gasteiger partial charge in [-0.25, -0.2) is 4.98 Å². The number of aryl methyl sites for hydroxylation is 1. The molecule has 1 N–H and O–H groups in total.